The maximum Gasteiger partial charge on any atom is 0.164 e. The summed E-state index contributed by atoms with van der Waals surface area (Å²) < 4.78 is 4.84. The molecule has 0 saturated carbocycles. The molecule has 11 rings (SSSR count). The summed E-state index contributed by atoms with van der Waals surface area (Å²) in [6.07, 6.45) is 0. The quantitative estimate of drug-likeness (QED) is 0.170. The van der Waals surface area contributed by atoms with Crippen LogP contribution in [-0.2, 0) is 0 Å². The molecule has 0 radical (unpaired) electrons. The van der Waals surface area contributed by atoms with Gasteiger partial charge in [-0.05, 0) is 60.2 Å². The van der Waals surface area contributed by atoms with Crippen LogP contribution in [-0.4, -0.2) is 24.1 Å². The van der Waals surface area contributed by atoms with Crippen LogP contribution in [0.1, 0.15) is 5.56 Å². The topological polar surface area (TPSA) is 72.3 Å². The molecule has 0 unspecified atom stereocenters. The smallest absolute Gasteiger partial charge is 0.164 e. The average molecular weight is 741 g/mol. The molecule has 3 heterocycles. The molecule has 58 heavy (non-hydrogen) atoms. The third-order valence-corrected chi connectivity index (χ3v) is 11.0. The average Bonchev–Trinajstić information content (AvgIpc) is 3.82. The van der Waals surface area contributed by atoms with Crippen LogP contribution in [0.5, 0.6) is 0 Å². The monoisotopic (exact) mass is 740 g/mol. The zero-order valence-corrected chi connectivity index (χ0v) is 31.2. The van der Waals surface area contributed by atoms with E-state index in [-0.39, 0.29) is 0 Å². The Morgan fingerprint density at radius 3 is 1.62 bits per heavy atom. The zero-order chi connectivity index (χ0) is 38.6. The lowest BCUT2D eigenvalue weighted by Crippen LogP contribution is -2.02. The molecule has 6 nitrogen and oxygen atoms in total. The first kappa shape index (κ1) is 33.2. The van der Waals surface area contributed by atoms with Crippen molar-refractivity contribution >= 4 is 43.6 Å². The van der Waals surface area contributed by atoms with Gasteiger partial charge in [-0.1, -0.05) is 140 Å². The van der Waals surface area contributed by atoms with Crippen molar-refractivity contribution in [2.24, 2.45) is 0 Å². The largest absolute Gasteiger partial charge is 0.307 e. The van der Waals surface area contributed by atoms with E-state index in [1.54, 1.807) is 6.07 Å². The van der Waals surface area contributed by atoms with Crippen LogP contribution in [0.25, 0.3) is 100 Å². The van der Waals surface area contributed by atoms with Crippen molar-refractivity contribution in [2.45, 2.75) is 0 Å². The van der Waals surface area contributed by atoms with E-state index < -0.39 is 0 Å². The fourth-order valence-electron chi connectivity index (χ4n) is 8.41. The Labute approximate surface area is 334 Å². The van der Waals surface area contributed by atoms with Crippen LogP contribution < -0.4 is 0 Å². The second-order valence-corrected chi connectivity index (χ2v) is 14.4. The minimum atomic E-state index is 0.513. The molecule has 0 aliphatic carbocycles. The molecule has 0 N–H and O–H groups in total. The van der Waals surface area contributed by atoms with Crippen molar-refractivity contribution < 1.29 is 0 Å². The van der Waals surface area contributed by atoms with Gasteiger partial charge in [-0.3, -0.25) is 0 Å². The highest BCUT2D eigenvalue weighted by atomic mass is 15.1. The maximum absolute atomic E-state index is 9.67. The van der Waals surface area contributed by atoms with Gasteiger partial charge in [0.25, 0.3) is 0 Å². The van der Waals surface area contributed by atoms with Crippen LogP contribution in [0.2, 0.25) is 0 Å². The molecule has 11 aromatic rings. The van der Waals surface area contributed by atoms with Crippen molar-refractivity contribution in [3.8, 4) is 62.7 Å². The molecule has 0 bridgehead atoms. The van der Waals surface area contributed by atoms with E-state index in [0.29, 0.717) is 23.0 Å². The highest BCUT2D eigenvalue weighted by molar-refractivity contribution is 6.15. The predicted octanol–water partition coefficient (Wildman–Crippen LogP) is 12.6. The number of fused-ring (bicyclic) bond motifs is 6. The second-order valence-electron chi connectivity index (χ2n) is 14.4. The first-order valence-electron chi connectivity index (χ1n) is 19.3. The standard InChI is InChI=1S/C52H32N6/c53-33-34-15-13-20-37(31-34)51-54-50(36-18-5-2-6-19-36)55-52(56-51)38-29-30-47-43(32-38)41-23-9-11-26-45(41)57(47)48-28-14-24-42-40-22-8-12-27-46(40)58(49(42)48)44-25-10-7-21-39(44)35-16-3-1-4-17-35/h1-32H. The Morgan fingerprint density at radius 2 is 0.879 bits per heavy atom. The van der Waals surface area contributed by atoms with Crippen molar-refractivity contribution in [1.82, 2.24) is 24.1 Å². The fourth-order valence-corrected chi connectivity index (χ4v) is 8.41. The molecule has 0 aliphatic rings. The molecule has 0 fully saturated rings. The number of rotatable bonds is 6. The molecule has 0 saturated heterocycles. The number of hydrogen-bond donors (Lipinski definition) is 0. The van der Waals surface area contributed by atoms with Gasteiger partial charge in [0.2, 0.25) is 0 Å². The van der Waals surface area contributed by atoms with Gasteiger partial charge in [0.15, 0.2) is 17.5 Å². The van der Waals surface area contributed by atoms with E-state index in [0.717, 1.165) is 60.9 Å². The summed E-state index contributed by atoms with van der Waals surface area (Å²) in [6, 6.07) is 69.4. The molecule has 8 aromatic carbocycles. The van der Waals surface area contributed by atoms with Crippen LogP contribution in [0, 0.1) is 11.3 Å². The number of nitriles is 1. The second kappa shape index (κ2) is 13.6. The van der Waals surface area contributed by atoms with Gasteiger partial charge in [0.1, 0.15) is 0 Å². The Morgan fingerprint density at radius 1 is 0.362 bits per heavy atom. The van der Waals surface area contributed by atoms with Crippen LogP contribution in [0.15, 0.2) is 194 Å². The summed E-state index contributed by atoms with van der Waals surface area (Å²) in [5.41, 5.74) is 12.1. The molecular weight excluding hydrogens is 709 g/mol. The third-order valence-electron chi connectivity index (χ3n) is 11.0. The lowest BCUT2D eigenvalue weighted by atomic mass is 10.0. The van der Waals surface area contributed by atoms with E-state index in [1.807, 2.05) is 48.5 Å². The number of nitrogens with zero attached hydrogens (tertiary/aromatic N) is 6. The van der Waals surface area contributed by atoms with Gasteiger partial charge in [-0.2, -0.15) is 5.26 Å². The lowest BCUT2D eigenvalue weighted by Gasteiger charge is -2.17. The number of aromatic nitrogens is 5. The van der Waals surface area contributed by atoms with Crippen molar-refractivity contribution in [3.05, 3.63) is 200 Å². The minimum absolute atomic E-state index is 0.513. The molecule has 0 amide bonds. The van der Waals surface area contributed by atoms with E-state index in [1.165, 1.54) is 21.9 Å². The fraction of sp³-hybridized carbons (Fsp3) is 0. The summed E-state index contributed by atoms with van der Waals surface area (Å²) in [4.78, 5) is 15.0. The van der Waals surface area contributed by atoms with E-state index in [9.17, 15) is 5.26 Å². The molecule has 0 atom stereocenters. The molecule has 270 valence electrons. The summed E-state index contributed by atoms with van der Waals surface area (Å²) in [6.45, 7) is 0. The lowest BCUT2D eigenvalue weighted by molar-refractivity contribution is 1.07. The van der Waals surface area contributed by atoms with E-state index in [4.69, 9.17) is 15.0 Å². The Hall–Kier alpha value is -8.14. The highest BCUT2D eigenvalue weighted by Crippen LogP contribution is 2.42. The van der Waals surface area contributed by atoms with Crippen molar-refractivity contribution in [3.63, 3.8) is 0 Å². The van der Waals surface area contributed by atoms with Crippen molar-refractivity contribution in [2.75, 3.05) is 0 Å². The predicted molar refractivity (Wildman–Crippen MR) is 235 cm³/mol. The zero-order valence-electron chi connectivity index (χ0n) is 31.2. The number of hydrogen-bond acceptors (Lipinski definition) is 4. The summed E-state index contributed by atoms with van der Waals surface area (Å²) in [5.74, 6) is 1.64. The normalized spacial score (nSPS) is 11.4. The Bertz CT molecular complexity index is 3410. The first-order valence-corrected chi connectivity index (χ1v) is 19.3. The van der Waals surface area contributed by atoms with Crippen LogP contribution in [0.3, 0.4) is 0 Å². The van der Waals surface area contributed by atoms with Crippen molar-refractivity contribution in [1.29, 1.82) is 5.26 Å². The summed E-state index contributed by atoms with van der Waals surface area (Å²) in [7, 11) is 0. The maximum atomic E-state index is 9.67. The van der Waals surface area contributed by atoms with E-state index >= 15 is 0 Å². The Balaban J connectivity index is 1.16. The Kier molecular flexibility index (Phi) is 7.76. The minimum Gasteiger partial charge on any atom is -0.307 e. The SMILES string of the molecule is N#Cc1cccc(-c2nc(-c3ccccc3)nc(-c3ccc4c(c3)c3ccccc3n4-c3cccc4c5ccccc5n(-c5ccccc5-c5ccccc5)c34)n2)c1. The van der Waals surface area contributed by atoms with Gasteiger partial charge < -0.3 is 9.13 Å². The van der Waals surface area contributed by atoms with Gasteiger partial charge >= 0.3 is 0 Å². The van der Waals surface area contributed by atoms with Gasteiger partial charge in [0, 0.05) is 43.8 Å². The molecular formula is C52H32N6. The van der Waals surface area contributed by atoms with Gasteiger partial charge in [-0.25, -0.2) is 15.0 Å². The number of benzene rings is 8. The van der Waals surface area contributed by atoms with Crippen LogP contribution in [0.4, 0.5) is 0 Å². The molecule has 0 aliphatic heterocycles. The number of para-hydroxylation sites is 4. The molecule has 6 heteroatoms. The highest BCUT2D eigenvalue weighted by Gasteiger charge is 2.22. The third kappa shape index (κ3) is 5.37. The molecule has 3 aromatic heterocycles. The summed E-state index contributed by atoms with van der Waals surface area (Å²) in [5, 5.41) is 14.3. The van der Waals surface area contributed by atoms with Gasteiger partial charge in [0.05, 0.1) is 45.1 Å². The summed E-state index contributed by atoms with van der Waals surface area (Å²) >= 11 is 0. The van der Waals surface area contributed by atoms with Crippen LogP contribution >= 0.6 is 0 Å². The molecule has 0 spiro atoms. The first-order chi connectivity index (χ1) is 28.7. The van der Waals surface area contributed by atoms with E-state index in [2.05, 4.69) is 155 Å². The van der Waals surface area contributed by atoms with Gasteiger partial charge in [-0.15, -0.1) is 0 Å².